The van der Waals surface area contributed by atoms with Gasteiger partial charge in [-0.2, -0.15) is 0 Å². The summed E-state index contributed by atoms with van der Waals surface area (Å²) in [5.74, 6) is -0.400. The van der Waals surface area contributed by atoms with Crippen molar-refractivity contribution in [1.29, 1.82) is 0 Å². The molecule has 0 aromatic heterocycles. The molecule has 0 aliphatic rings. The lowest BCUT2D eigenvalue weighted by Gasteiger charge is -1.84. The van der Waals surface area contributed by atoms with Gasteiger partial charge in [0.2, 0.25) is 5.91 Å². The Balaban J connectivity index is 3.82. The number of carbonyl (C=O) groups excluding carboxylic acids is 1. The minimum Gasteiger partial charge on any atom is -0.366 e. The van der Waals surface area contributed by atoms with E-state index in [9.17, 15) is 4.79 Å². The van der Waals surface area contributed by atoms with Crippen LogP contribution in [0.5, 0.6) is 0 Å². The number of rotatable bonds is 1. The summed E-state index contributed by atoms with van der Waals surface area (Å²) < 4.78 is 0. The van der Waals surface area contributed by atoms with Crippen LogP contribution in [0.3, 0.4) is 0 Å². The van der Waals surface area contributed by atoms with Crippen molar-refractivity contribution >= 4 is 5.91 Å². The van der Waals surface area contributed by atoms with Gasteiger partial charge in [-0.15, -0.1) is 0 Å². The van der Waals surface area contributed by atoms with Crippen LogP contribution in [0.1, 0.15) is 13.8 Å². The number of carbonyl (C=O) groups is 1. The first kappa shape index (κ1) is 6.21. The van der Waals surface area contributed by atoms with Crippen LogP contribution < -0.4 is 5.73 Å². The van der Waals surface area contributed by atoms with Crippen LogP contribution in [-0.2, 0) is 4.79 Å². The molecular weight excluding hydrogens is 90.1 g/mol. The van der Waals surface area contributed by atoms with Crippen molar-refractivity contribution in [2.45, 2.75) is 13.8 Å². The van der Waals surface area contributed by atoms with Crippen molar-refractivity contribution in [1.82, 2.24) is 0 Å². The van der Waals surface area contributed by atoms with Crippen molar-refractivity contribution in [2.75, 3.05) is 0 Å². The smallest absolute Gasteiger partial charge is 0.244 e. The summed E-state index contributed by atoms with van der Waals surface area (Å²) >= 11 is 0. The van der Waals surface area contributed by atoms with E-state index in [2.05, 4.69) is 6.08 Å². The van der Waals surface area contributed by atoms with E-state index >= 15 is 0 Å². The normalized spacial score (nSPS) is 11.4. The fourth-order valence-corrected chi connectivity index (χ4v) is 0.123. The molecule has 0 spiro atoms. The highest BCUT2D eigenvalue weighted by molar-refractivity contribution is 5.90. The number of hydrogen-bond acceptors (Lipinski definition) is 1. The Labute approximate surface area is 43.0 Å². The highest BCUT2D eigenvalue weighted by Gasteiger charge is 1.90. The van der Waals surface area contributed by atoms with Gasteiger partial charge in [0.1, 0.15) is 0 Å². The Morgan fingerprint density at radius 2 is 2.14 bits per heavy atom. The minimum atomic E-state index is -0.400. The van der Waals surface area contributed by atoms with E-state index in [1.807, 2.05) is 0 Å². The average Bonchev–Trinajstić information content (AvgIpc) is 1.65. The summed E-state index contributed by atoms with van der Waals surface area (Å²) in [7, 11) is 0. The fourth-order valence-electron chi connectivity index (χ4n) is 0.123. The Morgan fingerprint density at radius 1 is 1.71 bits per heavy atom. The second kappa shape index (κ2) is 2.39. The zero-order chi connectivity index (χ0) is 5.86. The SMILES string of the molecule is C/[C]=C(\C)C(N)=O. The third-order valence-electron chi connectivity index (χ3n) is 0.745. The standard InChI is InChI=1S/C5H8NO/c1-3-4(2)5(6)7/h1-2H3,(H2,6,7). The Morgan fingerprint density at radius 3 is 2.14 bits per heavy atom. The first-order valence-corrected chi connectivity index (χ1v) is 1.99. The summed E-state index contributed by atoms with van der Waals surface area (Å²) in [6.45, 7) is 3.28. The van der Waals surface area contributed by atoms with E-state index in [4.69, 9.17) is 5.73 Å². The van der Waals surface area contributed by atoms with Gasteiger partial charge in [0.15, 0.2) is 0 Å². The van der Waals surface area contributed by atoms with Crippen molar-refractivity contribution in [3.05, 3.63) is 11.6 Å². The van der Waals surface area contributed by atoms with Gasteiger partial charge in [0.05, 0.1) is 0 Å². The second-order valence-corrected chi connectivity index (χ2v) is 1.24. The van der Waals surface area contributed by atoms with Gasteiger partial charge in [-0.3, -0.25) is 4.79 Å². The lowest BCUT2D eigenvalue weighted by Crippen LogP contribution is -2.11. The molecule has 39 valence electrons. The van der Waals surface area contributed by atoms with Crippen LogP contribution in [0.25, 0.3) is 0 Å². The van der Waals surface area contributed by atoms with Crippen molar-refractivity contribution in [3.63, 3.8) is 0 Å². The van der Waals surface area contributed by atoms with E-state index in [1.165, 1.54) is 0 Å². The Hall–Kier alpha value is -0.790. The molecule has 0 aromatic carbocycles. The van der Waals surface area contributed by atoms with Gasteiger partial charge in [-0.05, 0) is 19.9 Å². The van der Waals surface area contributed by atoms with Crippen LogP contribution in [0.4, 0.5) is 0 Å². The molecule has 0 bridgehead atoms. The van der Waals surface area contributed by atoms with Crippen molar-refractivity contribution in [2.24, 2.45) is 5.73 Å². The van der Waals surface area contributed by atoms with Crippen LogP contribution in [0, 0.1) is 6.08 Å². The first-order chi connectivity index (χ1) is 3.18. The highest BCUT2D eigenvalue weighted by atomic mass is 16.1. The van der Waals surface area contributed by atoms with Gasteiger partial charge in [-0.25, -0.2) is 0 Å². The summed E-state index contributed by atoms with van der Waals surface area (Å²) in [4.78, 5) is 10.1. The molecule has 7 heavy (non-hydrogen) atoms. The molecule has 1 amide bonds. The Kier molecular flexibility index (Phi) is 2.12. The molecule has 0 rings (SSSR count). The van der Waals surface area contributed by atoms with Gasteiger partial charge in [0.25, 0.3) is 0 Å². The van der Waals surface area contributed by atoms with Crippen LogP contribution in [0.15, 0.2) is 5.57 Å². The van der Waals surface area contributed by atoms with Gasteiger partial charge >= 0.3 is 0 Å². The van der Waals surface area contributed by atoms with E-state index < -0.39 is 5.91 Å². The lowest BCUT2D eigenvalue weighted by molar-refractivity contribution is -0.114. The fraction of sp³-hybridized carbons (Fsp3) is 0.400. The summed E-state index contributed by atoms with van der Waals surface area (Å²) in [6.07, 6.45) is 2.61. The molecule has 0 unspecified atom stereocenters. The van der Waals surface area contributed by atoms with Crippen LogP contribution >= 0.6 is 0 Å². The number of primary amides is 1. The average molecular weight is 98.1 g/mol. The quantitative estimate of drug-likeness (QED) is 0.469. The zero-order valence-corrected chi connectivity index (χ0v) is 4.49. The third-order valence-corrected chi connectivity index (χ3v) is 0.745. The maximum Gasteiger partial charge on any atom is 0.244 e. The molecule has 1 radical (unpaired) electrons. The van der Waals surface area contributed by atoms with E-state index in [1.54, 1.807) is 13.8 Å². The summed E-state index contributed by atoms with van der Waals surface area (Å²) in [5, 5.41) is 0. The molecular formula is C5H8NO. The number of allylic oxidation sites excluding steroid dienone is 1. The van der Waals surface area contributed by atoms with Crippen LogP contribution in [-0.4, -0.2) is 5.91 Å². The second-order valence-electron chi connectivity index (χ2n) is 1.24. The molecule has 0 aliphatic carbocycles. The Bertz CT molecular complexity index is 105. The van der Waals surface area contributed by atoms with Crippen molar-refractivity contribution < 1.29 is 4.79 Å². The molecule has 0 atom stereocenters. The van der Waals surface area contributed by atoms with E-state index in [0.717, 1.165) is 0 Å². The zero-order valence-electron chi connectivity index (χ0n) is 4.49. The molecule has 0 fully saturated rings. The molecule has 2 N–H and O–H groups in total. The van der Waals surface area contributed by atoms with Gasteiger partial charge in [-0.1, -0.05) is 0 Å². The largest absolute Gasteiger partial charge is 0.366 e. The molecule has 0 aromatic rings. The molecule has 0 saturated carbocycles. The van der Waals surface area contributed by atoms with Crippen molar-refractivity contribution in [3.8, 4) is 0 Å². The number of nitrogens with two attached hydrogens (primary N) is 1. The molecule has 2 heteroatoms. The lowest BCUT2D eigenvalue weighted by atomic mass is 10.3. The molecule has 2 nitrogen and oxygen atoms in total. The minimum absolute atomic E-state index is 0.400. The molecule has 0 heterocycles. The van der Waals surface area contributed by atoms with Gasteiger partial charge in [0, 0.05) is 5.57 Å². The monoisotopic (exact) mass is 98.1 g/mol. The van der Waals surface area contributed by atoms with E-state index in [0.29, 0.717) is 5.57 Å². The predicted octanol–water partition coefficient (Wildman–Crippen LogP) is 0.241. The molecule has 0 aliphatic heterocycles. The first-order valence-electron chi connectivity index (χ1n) is 1.99. The summed E-state index contributed by atoms with van der Waals surface area (Å²) in [5.41, 5.74) is 5.29. The predicted molar refractivity (Wildman–Crippen MR) is 27.3 cm³/mol. The number of hydrogen-bond donors (Lipinski definition) is 1. The van der Waals surface area contributed by atoms with Crippen LogP contribution in [0.2, 0.25) is 0 Å². The third kappa shape index (κ3) is 1.98. The summed E-state index contributed by atoms with van der Waals surface area (Å²) in [6, 6.07) is 0. The topological polar surface area (TPSA) is 43.1 Å². The van der Waals surface area contributed by atoms with E-state index in [-0.39, 0.29) is 0 Å². The molecule has 0 saturated heterocycles. The maximum atomic E-state index is 10.1. The number of amides is 1. The maximum absolute atomic E-state index is 10.1. The van der Waals surface area contributed by atoms with Gasteiger partial charge < -0.3 is 5.73 Å². The highest BCUT2D eigenvalue weighted by Crippen LogP contribution is 1.84.